The second kappa shape index (κ2) is 5.83. The molecule has 2 N–H and O–H groups in total. The summed E-state index contributed by atoms with van der Waals surface area (Å²) < 4.78 is 9.47. The highest BCUT2D eigenvalue weighted by molar-refractivity contribution is 6.05. The van der Waals surface area contributed by atoms with Crippen LogP contribution in [0.4, 0.5) is 11.6 Å². The summed E-state index contributed by atoms with van der Waals surface area (Å²) in [5, 5.41) is 11.9. The van der Waals surface area contributed by atoms with Crippen molar-refractivity contribution in [3.63, 3.8) is 0 Å². The van der Waals surface area contributed by atoms with E-state index in [9.17, 15) is 9.59 Å². The molecule has 0 aliphatic rings. The number of hydrogen-bond acceptors (Lipinski definition) is 6. The van der Waals surface area contributed by atoms with E-state index in [1.165, 1.54) is 14.0 Å². The lowest BCUT2D eigenvalue weighted by molar-refractivity contribution is -0.114. The number of anilines is 2. The Kier molecular flexibility index (Phi) is 3.94. The molecule has 0 unspecified atom stereocenters. The van der Waals surface area contributed by atoms with Crippen molar-refractivity contribution in [1.29, 1.82) is 0 Å². The summed E-state index contributed by atoms with van der Waals surface area (Å²) in [7, 11) is 1.54. The van der Waals surface area contributed by atoms with Crippen LogP contribution in [-0.2, 0) is 4.79 Å². The van der Waals surface area contributed by atoms with E-state index in [1.54, 1.807) is 24.3 Å². The summed E-state index contributed by atoms with van der Waals surface area (Å²) in [6.45, 7) is 1.31. The smallest absolute Gasteiger partial charge is 0.257 e. The SMILES string of the molecule is COc1ccc(C(=O)Nc2nonc2NC(C)=O)cc1. The Morgan fingerprint density at radius 3 is 2.25 bits per heavy atom. The molecule has 1 aromatic heterocycles. The van der Waals surface area contributed by atoms with E-state index in [0.717, 1.165) is 0 Å². The number of hydrogen-bond donors (Lipinski definition) is 2. The van der Waals surface area contributed by atoms with E-state index in [2.05, 4.69) is 25.6 Å². The summed E-state index contributed by atoms with van der Waals surface area (Å²) >= 11 is 0. The maximum Gasteiger partial charge on any atom is 0.257 e. The number of ether oxygens (including phenoxy) is 1. The van der Waals surface area contributed by atoms with Gasteiger partial charge in [0.05, 0.1) is 7.11 Å². The predicted molar refractivity (Wildman–Crippen MR) is 69.5 cm³/mol. The van der Waals surface area contributed by atoms with Gasteiger partial charge in [-0.15, -0.1) is 0 Å². The molecule has 1 aromatic carbocycles. The Labute approximate surface area is 114 Å². The average molecular weight is 276 g/mol. The van der Waals surface area contributed by atoms with Crippen molar-refractivity contribution < 1.29 is 19.0 Å². The molecule has 0 radical (unpaired) electrons. The van der Waals surface area contributed by atoms with E-state index >= 15 is 0 Å². The quantitative estimate of drug-likeness (QED) is 0.871. The lowest BCUT2D eigenvalue weighted by Crippen LogP contribution is -2.15. The van der Waals surface area contributed by atoms with Gasteiger partial charge in [-0.05, 0) is 34.6 Å². The molecule has 0 atom stereocenters. The first-order chi connectivity index (χ1) is 9.60. The highest BCUT2D eigenvalue weighted by Gasteiger charge is 2.15. The number of nitrogens with one attached hydrogen (secondary N) is 2. The largest absolute Gasteiger partial charge is 0.497 e. The minimum atomic E-state index is -0.407. The molecule has 0 aliphatic heterocycles. The third kappa shape index (κ3) is 3.10. The Hall–Kier alpha value is -2.90. The van der Waals surface area contributed by atoms with Gasteiger partial charge in [0, 0.05) is 12.5 Å². The molecule has 0 saturated heterocycles. The van der Waals surface area contributed by atoms with Crippen molar-refractivity contribution in [3.05, 3.63) is 29.8 Å². The van der Waals surface area contributed by atoms with Crippen LogP contribution < -0.4 is 15.4 Å². The molecule has 2 aromatic rings. The summed E-state index contributed by atoms with van der Waals surface area (Å²) in [5.74, 6) is -0.0143. The second-order valence-electron chi connectivity index (χ2n) is 3.83. The van der Waals surface area contributed by atoms with Crippen molar-refractivity contribution in [2.45, 2.75) is 6.92 Å². The summed E-state index contributed by atoms with van der Waals surface area (Å²) in [6.07, 6.45) is 0. The molecule has 0 aliphatic carbocycles. The molecule has 0 bridgehead atoms. The fraction of sp³-hybridized carbons (Fsp3) is 0.167. The lowest BCUT2D eigenvalue weighted by atomic mass is 10.2. The molecule has 0 saturated carbocycles. The lowest BCUT2D eigenvalue weighted by Gasteiger charge is -2.04. The van der Waals surface area contributed by atoms with Gasteiger partial charge in [-0.2, -0.15) is 0 Å². The van der Waals surface area contributed by atoms with Crippen molar-refractivity contribution >= 4 is 23.5 Å². The van der Waals surface area contributed by atoms with Gasteiger partial charge in [-0.3, -0.25) is 9.59 Å². The zero-order valence-corrected chi connectivity index (χ0v) is 10.8. The summed E-state index contributed by atoms with van der Waals surface area (Å²) in [6, 6.07) is 6.51. The summed E-state index contributed by atoms with van der Waals surface area (Å²) in [4.78, 5) is 22.9. The molecule has 0 fully saturated rings. The second-order valence-corrected chi connectivity index (χ2v) is 3.83. The van der Waals surface area contributed by atoms with Crippen molar-refractivity contribution in [2.24, 2.45) is 0 Å². The van der Waals surface area contributed by atoms with Gasteiger partial charge < -0.3 is 15.4 Å². The molecule has 2 rings (SSSR count). The number of benzene rings is 1. The molecule has 8 heteroatoms. The minimum Gasteiger partial charge on any atom is -0.497 e. The third-order valence-electron chi connectivity index (χ3n) is 2.37. The zero-order valence-electron chi connectivity index (χ0n) is 10.8. The Morgan fingerprint density at radius 2 is 1.70 bits per heavy atom. The van der Waals surface area contributed by atoms with E-state index in [1.807, 2.05) is 0 Å². The van der Waals surface area contributed by atoms with Crippen molar-refractivity contribution in [1.82, 2.24) is 10.3 Å². The van der Waals surface area contributed by atoms with Crippen LogP contribution in [0.5, 0.6) is 5.75 Å². The molecule has 2 amide bonds. The fourth-order valence-electron chi connectivity index (χ4n) is 1.44. The highest BCUT2D eigenvalue weighted by Crippen LogP contribution is 2.17. The maximum absolute atomic E-state index is 12.0. The Balaban J connectivity index is 2.11. The molecular weight excluding hydrogens is 264 g/mol. The third-order valence-corrected chi connectivity index (χ3v) is 2.37. The first-order valence-electron chi connectivity index (χ1n) is 5.65. The van der Waals surface area contributed by atoms with Gasteiger partial charge >= 0.3 is 0 Å². The molecule has 1 heterocycles. The van der Waals surface area contributed by atoms with Gasteiger partial charge in [-0.25, -0.2) is 4.63 Å². The number of nitrogens with zero attached hydrogens (tertiary/aromatic N) is 2. The molecule has 8 nitrogen and oxygen atoms in total. The van der Waals surface area contributed by atoms with Crippen LogP contribution in [-0.4, -0.2) is 29.2 Å². The first kappa shape index (κ1) is 13.5. The average Bonchev–Trinajstić information content (AvgIpc) is 2.85. The van der Waals surface area contributed by atoms with Crippen molar-refractivity contribution in [3.8, 4) is 5.75 Å². The van der Waals surface area contributed by atoms with Crippen LogP contribution in [0.3, 0.4) is 0 Å². The predicted octanol–water partition coefficient (Wildman–Crippen LogP) is 1.29. The van der Waals surface area contributed by atoms with E-state index < -0.39 is 5.91 Å². The number of aromatic nitrogens is 2. The van der Waals surface area contributed by atoms with Gasteiger partial charge in [0.1, 0.15) is 5.75 Å². The topological polar surface area (TPSA) is 106 Å². The van der Waals surface area contributed by atoms with Crippen LogP contribution in [0.2, 0.25) is 0 Å². The van der Waals surface area contributed by atoms with Crippen LogP contribution >= 0.6 is 0 Å². The van der Waals surface area contributed by atoms with Gasteiger partial charge in [0.2, 0.25) is 17.5 Å². The molecule has 0 spiro atoms. The van der Waals surface area contributed by atoms with E-state index in [4.69, 9.17) is 4.74 Å². The summed E-state index contributed by atoms with van der Waals surface area (Å²) in [5.41, 5.74) is 0.405. The number of methoxy groups -OCH3 is 1. The van der Waals surface area contributed by atoms with Crippen LogP contribution in [0, 0.1) is 0 Å². The van der Waals surface area contributed by atoms with E-state index in [-0.39, 0.29) is 17.5 Å². The van der Waals surface area contributed by atoms with Gasteiger partial charge in [0.15, 0.2) is 0 Å². The normalized spacial score (nSPS) is 9.90. The van der Waals surface area contributed by atoms with Gasteiger partial charge in [-0.1, -0.05) is 0 Å². The van der Waals surface area contributed by atoms with E-state index in [0.29, 0.717) is 11.3 Å². The standard InChI is InChI=1S/C12H12N4O4/c1-7(17)13-10-11(16-20-15-10)14-12(18)8-3-5-9(19-2)6-4-8/h3-6H,1-2H3,(H,13,15,17)(H,14,16,18). The van der Waals surface area contributed by atoms with Crippen molar-refractivity contribution in [2.75, 3.05) is 17.7 Å². The zero-order chi connectivity index (χ0) is 14.5. The van der Waals surface area contributed by atoms with Crippen LogP contribution in [0.1, 0.15) is 17.3 Å². The van der Waals surface area contributed by atoms with Gasteiger partial charge in [0.25, 0.3) is 5.91 Å². The highest BCUT2D eigenvalue weighted by atomic mass is 16.6. The monoisotopic (exact) mass is 276 g/mol. The first-order valence-corrected chi connectivity index (χ1v) is 5.65. The van der Waals surface area contributed by atoms with Crippen LogP contribution in [0.25, 0.3) is 0 Å². The minimum absolute atomic E-state index is 0.0426. The number of rotatable bonds is 4. The molecule has 20 heavy (non-hydrogen) atoms. The number of amides is 2. The number of carbonyl (C=O) groups excluding carboxylic acids is 2. The molecule has 104 valence electrons. The molecular formula is C12H12N4O4. The maximum atomic E-state index is 12.0. The Bertz CT molecular complexity index is 621. The van der Waals surface area contributed by atoms with Crippen LogP contribution in [0.15, 0.2) is 28.9 Å². The Morgan fingerprint density at radius 1 is 1.10 bits per heavy atom. The number of carbonyl (C=O) groups is 2. The fourth-order valence-corrected chi connectivity index (χ4v) is 1.44.